The number of pyridine rings is 1. The number of halogens is 1. The molecule has 0 radical (unpaired) electrons. The van der Waals surface area contributed by atoms with Gasteiger partial charge in [0.05, 0.1) is 5.02 Å². The van der Waals surface area contributed by atoms with Gasteiger partial charge in [-0.2, -0.15) is 0 Å². The number of amides is 1. The second kappa shape index (κ2) is 5.32. The van der Waals surface area contributed by atoms with E-state index in [1.807, 2.05) is 18.2 Å². The number of para-hydroxylation sites is 1. The number of aromatic nitrogens is 1. The second-order valence-electron chi connectivity index (χ2n) is 3.20. The van der Waals surface area contributed by atoms with Gasteiger partial charge in [-0.25, -0.2) is 9.78 Å². The van der Waals surface area contributed by atoms with Crippen LogP contribution in [0, 0.1) is 0 Å². The summed E-state index contributed by atoms with van der Waals surface area (Å²) < 4.78 is 4.95. The van der Waals surface area contributed by atoms with Gasteiger partial charge in [-0.1, -0.05) is 29.8 Å². The van der Waals surface area contributed by atoms with Crippen LogP contribution in [0.2, 0.25) is 5.02 Å². The Morgan fingerprint density at radius 2 is 1.94 bits per heavy atom. The molecule has 0 aliphatic heterocycles. The highest BCUT2D eigenvalue weighted by molar-refractivity contribution is 6.30. The Kier molecular flexibility index (Phi) is 3.57. The lowest BCUT2D eigenvalue weighted by molar-refractivity contribution is 0.213. The van der Waals surface area contributed by atoms with Gasteiger partial charge in [-0.05, 0) is 18.2 Å². The van der Waals surface area contributed by atoms with Crippen LogP contribution in [0.4, 0.5) is 10.5 Å². The van der Waals surface area contributed by atoms with E-state index >= 15 is 0 Å². The number of hydrogen-bond acceptors (Lipinski definition) is 3. The summed E-state index contributed by atoms with van der Waals surface area (Å²) in [5.74, 6) is 0.197. The van der Waals surface area contributed by atoms with Gasteiger partial charge in [-0.3, -0.25) is 5.32 Å². The Bertz CT molecular complexity index is 500. The average molecular weight is 249 g/mol. The molecule has 1 amide bonds. The summed E-state index contributed by atoms with van der Waals surface area (Å²) in [4.78, 5) is 15.3. The summed E-state index contributed by atoms with van der Waals surface area (Å²) in [6.45, 7) is 0. The maximum atomic E-state index is 11.5. The van der Waals surface area contributed by atoms with Crippen LogP contribution >= 0.6 is 11.6 Å². The van der Waals surface area contributed by atoms with Crippen molar-refractivity contribution in [2.45, 2.75) is 0 Å². The highest BCUT2D eigenvalue weighted by atomic mass is 35.5. The highest BCUT2D eigenvalue weighted by Crippen LogP contribution is 2.12. The first-order valence-electron chi connectivity index (χ1n) is 4.89. The van der Waals surface area contributed by atoms with Crippen molar-refractivity contribution in [1.82, 2.24) is 4.98 Å². The van der Waals surface area contributed by atoms with Gasteiger partial charge in [0.1, 0.15) is 0 Å². The molecule has 1 aromatic carbocycles. The van der Waals surface area contributed by atoms with Crippen molar-refractivity contribution in [3.63, 3.8) is 0 Å². The van der Waals surface area contributed by atoms with E-state index in [4.69, 9.17) is 16.3 Å². The van der Waals surface area contributed by atoms with Crippen molar-refractivity contribution in [2.24, 2.45) is 0 Å². The molecule has 4 nitrogen and oxygen atoms in total. The molecule has 0 bridgehead atoms. The molecule has 86 valence electrons. The van der Waals surface area contributed by atoms with Crippen LogP contribution < -0.4 is 10.1 Å². The van der Waals surface area contributed by atoms with Gasteiger partial charge in [0, 0.05) is 18.0 Å². The Morgan fingerprint density at radius 1 is 1.18 bits per heavy atom. The summed E-state index contributed by atoms with van der Waals surface area (Å²) in [5, 5.41) is 3.06. The minimum Gasteiger partial charge on any atom is -0.391 e. The van der Waals surface area contributed by atoms with Crippen molar-refractivity contribution in [3.05, 3.63) is 53.7 Å². The predicted octanol–water partition coefficient (Wildman–Crippen LogP) is 3.35. The number of ether oxygens (including phenoxy) is 1. The normalized spacial score (nSPS) is 9.71. The van der Waals surface area contributed by atoms with Crippen LogP contribution in [0.1, 0.15) is 0 Å². The fraction of sp³-hybridized carbons (Fsp3) is 0. The molecule has 1 N–H and O–H groups in total. The van der Waals surface area contributed by atoms with E-state index in [1.54, 1.807) is 18.2 Å². The summed E-state index contributed by atoms with van der Waals surface area (Å²) >= 11 is 5.66. The maximum Gasteiger partial charge on any atom is 0.418 e. The summed E-state index contributed by atoms with van der Waals surface area (Å²) in [5.41, 5.74) is 0.659. The van der Waals surface area contributed by atoms with Gasteiger partial charge >= 0.3 is 6.09 Å². The van der Waals surface area contributed by atoms with E-state index in [-0.39, 0.29) is 5.88 Å². The van der Waals surface area contributed by atoms with Crippen LogP contribution in [0.5, 0.6) is 5.88 Å². The summed E-state index contributed by atoms with van der Waals surface area (Å²) in [6.07, 6.45) is 0.818. The Balaban J connectivity index is 1.96. The fourth-order valence-corrected chi connectivity index (χ4v) is 1.29. The highest BCUT2D eigenvalue weighted by Gasteiger charge is 2.05. The van der Waals surface area contributed by atoms with Gasteiger partial charge < -0.3 is 4.74 Å². The number of carbonyl (C=O) groups is 1. The molecule has 0 unspecified atom stereocenters. The monoisotopic (exact) mass is 248 g/mol. The molecule has 2 rings (SSSR count). The van der Waals surface area contributed by atoms with Crippen LogP contribution in [0.25, 0.3) is 0 Å². The zero-order valence-electron chi connectivity index (χ0n) is 8.76. The molecular weight excluding hydrogens is 240 g/mol. The van der Waals surface area contributed by atoms with Crippen molar-refractivity contribution in [2.75, 3.05) is 5.32 Å². The maximum absolute atomic E-state index is 11.5. The van der Waals surface area contributed by atoms with Gasteiger partial charge in [0.25, 0.3) is 0 Å². The molecule has 0 atom stereocenters. The Hall–Kier alpha value is -2.07. The molecule has 0 spiro atoms. The third-order valence-electron chi connectivity index (χ3n) is 1.92. The Morgan fingerprint density at radius 3 is 2.59 bits per heavy atom. The van der Waals surface area contributed by atoms with Crippen LogP contribution in [-0.4, -0.2) is 11.1 Å². The molecular formula is C12H9ClN2O2. The predicted molar refractivity (Wildman–Crippen MR) is 65.3 cm³/mol. The molecule has 1 heterocycles. The van der Waals surface area contributed by atoms with Crippen molar-refractivity contribution in [3.8, 4) is 5.88 Å². The van der Waals surface area contributed by atoms with E-state index < -0.39 is 6.09 Å². The molecule has 0 saturated heterocycles. The zero-order valence-corrected chi connectivity index (χ0v) is 9.52. The van der Waals surface area contributed by atoms with Crippen molar-refractivity contribution >= 4 is 23.4 Å². The van der Waals surface area contributed by atoms with Crippen LogP contribution in [-0.2, 0) is 0 Å². The van der Waals surface area contributed by atoms with Crippen molar-refractivity contribution < 1.29 is 9.53 Å². The fourth-order valence-electron chi connectivity index (χ4n) is 1.18. The quantitative estimate of drug-likeness (QED) is 0.887. The smallest absolute Gasteiger partial charge is 0.391 e. The third-order valence-corrected chi connectivity index (χ3v) is 2.14. The largest absolute Gasteiger partial charge is 0.418 e. The minimum absolute atomic E-state index is 0.197. The molecule has 0 fully saturated rings. The number of nitrogens with one attached hydrogen (secondary N) is 1. The first kappa shape index (κ1) is 11.4. The SMILES string of the molecule is O=C(Nc1ccccc1)Oc1ccc(Cl)cn1. The standard InChI is InChI=1S/C12H9ClN2O2/c13-9-6-7-11(14-8-9)17-12(16)15-10-4-2-1-3-5-10/h1-8H,(H,15,16). The average Bonchev–Trinajstić information content (AvgIpc) is 2.33. The number of benzene rings is 1. The van der Waals surface area contributed by atoms with E-state index in [9.17, 15) is 4.79 Å². The summed E-state index contributed by atoms with van der Waals surface area (Å²) in [7, 11) is 0. The van der Waals surface area contributed by atoms with Gasteiger partial charge in [0.2, 0.25) is 5.88 Å². The second-order valence-corrected chi connectivity index (χ2v) is 3.63. The van der Waals surface area contributed by atoms with Gasteiger partial charge in [0.15, 0.2) is 0 Å². The molecule has 17 heavy (non-hydrogen) atoms. The molecule has 0 saturated carbocycles. The first-order chi connectivity index (χ1) is 8.24. The number of anilines is 1. The number of hydrogen-bond donors (Lipinski definition) is 1. The van der Waals surface area contributed by atoms with E-state index in [0.29, 0.717) is 10.7 Å². The first-order valence-corrected chi connectivity index (χ1v) is 5.27. The van der Waals surface area contributed by atoms with E-state index in [2.05, 4.69) is 10.3 Å². The number of nitrogens with zero attached hydrogens (tertiary/aromatic N) is 1. The molecule has 0 aliphatic carbocycles. The number of rotatable bonds is 2. The third kappa shape index (κ3) is 3.46. The van der Waals surface area contributed by atoms with Crippen molar-refractivity contribution in [1.29, 1.82) is 0 Å². The van der Waals surface area contributed by atoms with Crippen LogP contribution in [0.3, 0.4) is 0 Å². The summed E-state index contributed by atoms with van der Waals surface area (Å²) in [6, 6.07) is 12.1. The minimum atomic E-state index is -0.592. The van der Waals surface area contributed by atoms with Crippen LogP contribution in [0.15, 0.2) is 48.7 Å². The van der Waals surface area contributed by atoms with E-state index in [1.165, 1.54) is 12.3 Å². The molecule has 2 aromatic rings. The lowest BCUT2D eigenvalue weighted by atomic mass is 10.3. The molecule has 5 heteroatoms. The lowest BCUT2D eigenvalue weighted by Crippen LogP contribution is -2.17. The Labute approximate surface area is 103 Å². The van der Waals surface area contributed by atoms with Gasteiger partial charge in [-0.15, -0.1) is 0 Å². The number of carbonyl (C=O) groups excluding carboxylic acids is 1. The topological polar surface area (TPSA) is 51.2 Å². The zero-order chi connectivity index (χ0) is 12.1. The lowest BCUT2D eigenvalue weighted by Gasteiger charge is -2.05. The molecule has 0 aliphatic rings. The molecule has 1 aromatic heterocycles. The van der Waals surface area contributed by atoms with E-state index in [0.717, 1.165) is 0 Å².